The highest BCUT2D eigenvalue weighted by molar-refractivity contribution is 5.96. The molecule has 0 aliphatic rings. The smallest absolute Gasteiger partial charge is 0.251 e. The number of hydrogen-bond donors (Lipinski definition) is 2. The summed E-state index contributed by atoms with van der Waals surface area (Å²) in [6.07, 6.45) is 1.93. The van der Waals surface area contributed by atoms with Crippen molar-refractivity contribution in [2.75, 3.05) is 55.1 Å². The van der Waals surface area contributed by atoms with E-state index in [0.717, 1.165) is 24.0 Å². The number of carbonyl (C=O) groups is 1. The Bertz CT molecular complexity index is 1180. The van der Waals surface area contributed by atoms with E-state index in [1.54, 1.807) is 40.6 Å². The number of carbonyl (C=O) groups excluding carboxylic acids is 1. The first-order chi connectivity index (χ1) is 19.6. The lowest BCUT2D eigenvalue weighted by molar-refractivity contribution is 0.0924. The maximum atomic E-state index is 13.0. The maximum absolute atomic E-state index is 13.0. The van der Waals surface area contributed by atoms with Gasteiger partial charge in [0.05, 0.1) is 46.0 Å². The van der Waals surface area contributed by atoms with E-state index < -0.39 is 11.5 Å². The predicted molar refractivity (Wildman–Crippen MR) is 160 cm³/mol. The van der Waals surface area contributed by atoms with Gasteiger partial charge in [-0.15, -0.1) is 0 Å². The number of unbranched alkanes of at least 4 members (excludes halogenated alkanes) is 1. The molecule has 9 nitrogen and oxygen atoms in total. The van der Waals surface area contributed by atoms with Crippen LogP contribution in [0.4, 0.5) is 0 Å². The van der Waals surface area contributed by atoms with E-state index in [1.165, 1.54) is 0 Å². The lowest BCUT2D eigenvalue weighted by Crippen LogP contribution is -2.39. The zero-order valence-corrected chi connectivity index (χ0v) is 25.9. The fourth-order valence-corrected chi connectivity index (χ4v) is 5.05. The van der Waals surface area contributed by atoms with E-state index in [9.17, 15) is 15.2 Å². The van der Waals surface area contributed by atoms with E-state index in [-0.39, 0.29) is 18.2 Å². The Hall–Kier alpha value is -3.48. The van der Waals surface area contributed by atoms with Crippen molar-refractivity contribution < 1.29 is 28.8 Å². The lowest BCUT2D eigenvalue weighted by Gasteiger charge is -2.34. The molecule has 0 saturated heterocycles. The van der Waals surface area contributed by atoms with E-state index in [4.69, 9.17) is 18.9 Å². The normalized spacial score (nSPS) is 13.3. The van der Waals surface area contributed by atoms with Gasteiger partial charge in [-0.3, -0.25) is 4.79 Å². The minimum atomic E-state index is -0.924. The first-order valence-electron chi connectivity index (χ1n) is 14.1. The van der Waals surface area contributed by atoms with E-state index in [2.05, 4.69) is 18.3 Å². The zero-order chi connectivity index (χ0) is 30.6. The van der Waals surface area contributed by atoms with Gasteiger partial charge in [0.2, 0.25) is 0 Å². The van der Waals surface area contributed by atoms with Crippen LogP contribution in [0.1, 0.15) is 61.5 Å². The molecule has 9 heteroatoms. The third-order valence-corrected chi connectivity index (χ3v) is 7.60. The van der Waals surface area contributed by atoms with Crippen LogP contribution >= 0.6 is 0 Å². The summed E-state index contributed by atoms with van der Waals surface area (Å²) in [6, 6.07) is 11.5. The molecule has 2 atom stereocenters. The van der Waals surface area contributed by atoms with Crippen LogP contribution in [0.3, 0.4) is 0 Å². The number of methoxy groups -OCH3 is 4. The standard InChI is InChI=1S/C32H47N3O6/c1-9-10-14-34-31(37)26-18-30(41-8)28(39-6)16-23(26)13-15-35(4)20-25(36)19-32(21-33,22(2)3)24-11-12-27(38-5)29(17-24)40-7/h11-12,16-18,22,25,36H,9-10,13-15,19-20H2,1-8H3,(H,34,37). The van der Waals surface area contributed by atoms with Gasteiger partial charge in [-0.1, -0.05) is 33.3 Å². The molecule has 2 N–H and O–H groups in total. The summed E-state index contributed by atoms with van der Waals surface area (Å²) < 4.78 is 21.8. The fraction of sp³-hybridized carbons (Fsp3) is 0.562. The van der Waals surface area contributed by atoms with Crippen LogP contribution in [0.25, 0.3) is 0 Å². The number of rotatable bonds is 17. The Morgan fingerprint density at radius 1 is 1.02 bits per heavy atom. The molecular formula is C32H47N3O6. The number of amides is 1. The van der Waals surface area contributed by atoms with Crippen molar-refractivity contribution in [3.8, 4) is 29.1 Å². The number of ether oxygens (including phenoxy) is 4. The average molecular weight is 570 g/mol. The number of nitriles is 1. The predicted octanol–water partition coefficient (Wildman–Crippen LogP) is 4.59. The number of likely N-dealkylation sites (N-methyl/N-ethyl adjacent to an activating group) is 1. The summed E-state index contributed by atoms with van der Waals surface area (Å²) in [6.45, 7) is 7.59. The molecule has 226 valence electrons. The molecule has 0 saturated carbocycles. The molecule has 0 radical (unpaired) electrons. The minimum absolute atomic E-state index is 0.0638. The molecule has 0 fully saturated rings. The molecule has 2 unspecified atom stereocenters. The van der Waals surface area contributed by atoms with E-state index in [0.29, 0.717) is 54.6 Å². The summed E-state index contributed by atoms with van der Waals surface area (Å²) in [5.74, 6) is 1.97. The number of nitrogens with zero attached hydrogens (tertiary/aromatic N) is 2. The Kier molecular flexibility index (Phi) is 13.2. The topological polar surface area (TPSA) is 113 Å². The molecule has 0 bridgehead atoms. The number of benzene rings is 2. The Labute approximate surface area is 245 Å². The molecule has 0 aromatic heterocycles. The monoisotopic (exact) mass is 569 g/mol. The van der Waals surface area contributed by atoms with Crippen LogP contribution in [0.5, 0.6) is 23.0 Å². The number of nitrogens with one attached hydrogen (secondary N) is 1. The van der Waals surface area contributed by atoms with Crippen molar-refractivity contribution >= 4 is 5.91 Å². The van der Waals surface area contributed by atoms with Crippen molar-refractivity contribution in [1.29, 1.82) is 5.26 Å². The second kappa shape index (κ2) is 16.1. The maximum Gasteiger partial charge on any atom is 0.251 e. The SMILES string of the molecule is CCCCNC(=O)c1cc(OC)c(OC)cc1CCN(C)CC(O)CC(C#N)(c1ccc(OC)c(OC)c1)C(C)C. The van der Waals surface area contributed by atoms with Crippen LogP contribution in [0, 0.1) is 17.2 Å². The van der Waals surface area contributed by atoms with Crippen molar-refractivity contribution in [3.05, 3.63) is 47.0 Å². The molecule has 2 aromatic carbocycles. The van der Waals surface area contributed by atoms with Gasteiger partial charge in [0.15, 0.2) is 23.0 Å². The molecule has 41 heavy (non-hydrogen) atoms. The summed E-state index contributed by atoms with van der Waals surface area (Å²) >= 11 is 0. The van der Waals surface area contributed by atoms with Gasteiger partial charge >= 0.3 is 0 Å². The van der Waals surface area contributed by atoms with Crippen LogP contribution in [0.15, 0.2) is 30.3 Å². The number of aliphatic hydroxyl groups is 1. The number of aliphatic hydroxyl groups excluding tert-OH is 1. The average Bonchev–Trinajstić information content (AvgIpc) is 2.97. The molecule has 0 spiro atoms. The minimum Gasteiger partial charge on any atom is -0.493 e. The second-order valence-electron chi connectivity index (χ2n) is 10.7. The van der Waals surface area contributed by atoms with Crippen molar-refractivity contribution in [1.82, 2.24) is 10.2 Å². The largest absolute Gasteiger partial charge is 0.493 e. The van der Waals surface area contributed by atoms with Crippen molar-refractivity contribution in [2.45, 2.75) is 58.0 Å². The highest BCUT2D eigenvalue weighted by atomic mass is 16.5. The van der Waals surface area contributed by atoms with Gasteiger partial charge in [0.25, 0.3) is 5.91 Å². The van der Waals surface area contributed by atoms with Gasteiger partial charge in [-0.2, -0.15) is 5.26 Å². The molecule has 0 heterocycles. The van der Waals surface area contributed by atoms with Gasteiger partial charge in [0, 0.05) is 25.2 Å². The van der Waals surface area contributed by atoms with Crippen LogP contribution in [-0.2, 0) is 11.8 Å². The quantitative estimate of drug-likeness (QED) is 0.266. The first kappa shape index (κ1) is 33.7. The highest BCUT2D eigenvalue weighted by Gasteiger charge is 2.39. The van der Waals surface area contributed by atoms with Gasteiger partial charge in [-0.05, 0) is 67.6 Å². The van der Waals surface area contributed by atoms with E-state index >= 15 is 0 Å². The lowest BCUT2D eigenvalue weighted by atomic mass is 9.69. The summed E-state index contributed by atoms with van der Waals surface area (Å²) in [5, 5.41) is 24.5. The third kappa shape index (κ3) is 8.51. The molecule has 1 amide bonds. The van der Waals surface area contributed by atoms with Gasteiger partial charge < -0.3 is 34.3 Å². The summed E-state index contributed by atoms with van der Waals surface area (Å²) in [5.41, 5.74) is 1.23. The summed E-state index contributed by atoms with van der Waals surface area (Å²) in [4.78, 5) is 15.0. The summed E-state index contributed by atoms with van der Waals surface area (Å²) in [7, 11) is 8.17. The Balaban J connectivity index is 2.21. The molecule has 0 aliphatic carbocycles. The molecule has 0 aliphatic heterocycles. The van der Waals surface area contributed by atoms with Crippen LogP contribution in [-0.4, -0.2) is 77.1 Å². The van der Waals surface area contributed by atoms with Crippen LogP contribution < -0.4 is 24.3 Å². The van der Waals surface area contributed by atoms with Crippen LogP contribution in [0.2, 0.25) is 0 Å². The Morgan fingerprint density at radius 3 is 2.20 bits per heavy atom. The Morgan fingerprint density at radius 2 is 1.63 bits per heavy atom. The second-order valence-corrected chi connectivity index (χ2v) is 10.7. The van der Waals surface area contributed by atoms with E-state index in [1.807, 2.05) is 44.0 Å². The van der Waals surface area contributed by atoms with Crippen molar-refractivity contribution in [2.24, 2.45) is 5.92 Å². The fourth-order valence-electron chi connectivity index (χ4n) is 5.05. The number of hydrogen-bond acceptors (Lipinski definition) is 8. The molecule has 2 rings (SSSR count). The van der Waals surface area contributed by atoms with Crippen molar-refractivity contribution in [3.63, 3.8) is 0 Å². The van der Waals surface area contributed by atoms with Gasteiger partial charge in [-0.25, -0.2) is 0 Å². The highest BCUT2D eigenvalue weighted by Crippen LogP contribution is 2.40. The third-order valence-electron chi connectivity index (χ3n) is 7.60. The van der Waals surface area contributed by atoms with Gasteiger partial charge in [0.1, 0.15) is 0 Å². The first-order valence-corrected chi connectivity index (χ1v) is 14.1. The zero-order valence-electron chi connectivity index (χ0n) is 25.9. The molecule has 2 aromatic rings. The molecular weight excluding hydrogens is 522 g/mol.